The van der Waals surface area contributed by atoms with Crippen molar-refractivity contribution in [2.24, 2.45) is 5.92 Å². The number of amides is 1. The Bertz CT molecular complexity index is 484. The molecule has 2 aliphatic heterocycles. The maximum absolute atomic E-state index is 12.7. The van der Waals surface area contributed by atoms with E-state index < -0.39 is 0 Å². The number of quaternary nitrogens is 1. The third-order valence-corrected chi connectivity index (χ3v) is 4.72. The van der Waals surface area contributed by atoms with Crippen molar-refractivity contribution in [1.82, 2.24) is 10.2 Å². The van der Waals surface area contributed by atoms with Crippen LogP contribution in [0.5, 0.6) is 0 Å². The molecule has 1 amide bonds. The largest absolute Gasteiger partial charge is 0.315 e. The first-order chi connectivity index (χ1) is 10.2. The molecule has 114 valence electrons. The maximum Gasteiger partial charge on any atom is 0.315 e. The quantitative estimate of drug-likeness (QED) is 0.851. The van der Waals surface area contributed by atoms with Gasteiger partial charge in [-0.3, -0.25) is 4.90 Å². The first-order valence-corrected chi connectivity index (χ1v) is 8.04. The van der Waals surface area contributed by atoms with Gasteiger partial charge in [0.25, 0.3) is 0 Å². The highest BCUT2D eigenvalue weighted by molar-refractivity contribution is 5.71. The smallest absolute Gasteiger partial charge is 0.314 e. The van der Waals surface area contributed by atoms with Crippen LogP contribution in [0.3, 0.4) is 0 Å². The lowest BCUT2D eigenvalue weighted by molar-refractivity contribution is -0.872. The molecule has 0 spiro atoms. The summed E-state index contributed by atoms with van der Waals surface area (Å²) in [5, 5.41) is 3.39. The van der Waals surface area contributed by atoms with E-state index in [0.29, 0.717) is 16.3 Å². The lowest BCUT2D eigenvalue weighted by Gasteiger charge is -2.38. The molecule has 2 atom stereocenters. The second kappa shape index (κ2) is 6.26. The van der Waals surface area contributed by atoms with E-state index in [0.717, 1.165) is 52.4 Å². The van der Waals surface area contributed by atoms with Gasteiger partial charge in [0.1, 0.15) is 13.2 Å². The standard InChI is InChI=1S/C17H26N3O/c1-15-11-17(21)20(12-15,13-16-5-3-2-4-6-16)14-19-9-7-18-8-10-19/h2-6,15,18H,7-14H2,1H3/q+1. The van der Waals surface area contributed by atoms with Gasteiger partial charge in [0, 0.05) is 37.7 Å². The number of hydrogen-bond donors (Lipinski definition) is 1. The number of carbonyl (C=O) groups excluding carboxylic acids is 1. The van der Waals surface area contributed by atoms with Crippen molar-refractivity contribution in [2.75, 3.05) is 39.4 Å². The maximum atomic E-state index is 12.7. The zero-order valence-electron chi connectivity index (χ0n) is 12.9. The Labute approximate surface area is 127 Å². The molecule has 2 fully saturated rings. The number of nitrogens with zero attached hydrogens (tertiary/aromatic N) is 2. The summed E-state index contributed by atoms with van der Waals surface area (Å²) in [5.41, 5.74) is 1.27. The Morgan fingerprint density at radius 2 is 1.95 bits per heavy atom. The van der Waals surface area contributed by atoms with Crippen molar-refractivity contribution in [2.45, 2.75) is 19.9 Å². The van der Waals surface area contributed by atoms with Gasteiger partial charge in [-0.25, -0.2) is 9.28 Å². The molecule has 0 bridgehead atoms. The molecule has 2 unspecified atom stereocenters. The summed E-state index contributed by atoms with van der Waals surface area (Å²) in [6.45, 7) is 9.09. The van der Waals surface area contributed by atoms with Crippen molar-refractivity contribution >= 4 is 5.91 Å². The van der Waals surface area contributed by atoms with Crippen LogP contribution < -0.4 is 5.32 Å². The van der Waals surface area contributed by atoms with Crippen molar-refractivity contribution < 1.29 is 9.28 Å². The van der Waals surface area contributed by atoms with Gasteiger partial charge < -0.3 is 5.32 Å². The molecule has 0 saturated carbocycles. The molecule has 0 radical (unpaired) electrons. The Morgan fingerprint density at radius 3 is 2.57 bits per heavy atom. The van der Waals surface area contributed by atoms with E-state index in [1.165, 1.54) is 5.56 Å². The summed E-state index contributed by atoms with van der Waals surface area (Å²) in [7, 11) is 0. The highest BCUT2D eigenvalue weighted by Crippen LogP contribution is 2.29. The molecule has 1 aromatic rings. The zero-order chi connectivity index (χ0) is 14.7. The highest BCUT2D eigenvalue weighted by atomic mass is 16.2. The minimum atomic E-state index is 0.421. The van der Waals surface area contributed by atoms with Crippen LogP contribution in [-0.2, 0) is 11.3 Å². The fourth-order valence-corrected chi connectivity index (χ4v) is 3.76. The van der Waals surface area contributed by atoms with E-state index in [4.69, 9.17) is 0 Å². The Hall–Kier alpha value is -1.23. The van der Waals surface area contributed by atoms with Gasteiger partial charge in [-0.05, 0) is 0 Å². The van der Waals surface area contributed by atoms with Gasteiger partial charge in [0.05, 0.1) is 13.0 Å². The number of likely N-dealkylation sites (tertiary alicyclic amines) is 1. The average Bonchev–Trinajstić information content (AvgIpc) is 2.75. The van der Waals surface area contributed by atoms with Crippen LogP contribution >= 0.6 is 0 Å². The van der Waals surface area contributed by atoms with E-state index >= 15 is 0 Å². The molecule has 21 heavy (non-hydrogen) atoms. The Balaban J connectivity index is 1.79. The normalized spacial score (nSPS) is 30.7. The number of benzene rings is 1. The number of carbonyl (C=O) groups is 1. The fourth-order valence-electron chi connectivity index (χ4n) is 3.76. The summed E-state index contributed by atoms with van der Waals surface area (Å²) >= 11 is 0. The number of nitrogens with one attached hydrogen (secondary N) is 1. The molecule has 2 heterocycles. The minimum absolute atomic E-state index is 0.421. The van der Waals surface area contributed by atoms with E-state index in [-0.39, 0.29) is 0 Å². The van der Waals surface area contributed by atoms with Crippen molar-refractivity contribution in [3.05, 3.63) is 35.9 Å². The summed E-state index contributed by atoms with van der Waals surface area (Å²) in [5.74, 6) is 0.925. The van der Waals surface area contributed by atoms with Crippen LogP contribution in [0.25, 0.3) is 0 Å². The molecule has 2 aliphatic rings. The average molecular weight is 288 g/mol. The number of hydrogen-bond acceptors (Lipinski definition) is 3. The predicted octanol–water partition coefficient (Wildman–Crippen LogP) is 1.43. The highest BCUT2D eigenvalue weighted by Gasteiger charge is 2.46. The third-order valence-electron chi connectivity index (χ3n) is 4.72. The first-order valence-electron chi connectivity index (χ1n) is 8.04. The van der Waals surface area contributed by atoms with Crippen LogP contribution in [0.15, 0.2) is 30.3 Å². The van der Waals surface area contributed by atoms with E-state index in [2.05, 4.69) is 41.4 Å². The number of piperazine rings is 1. The van der Waals surface area contributed by atoms with Gasteiger partial charge in [-0.15, -0.1) is 0 Å². The lowest BCUT2D eigenvalue weighted by Crippen LogP contribution is -2.58. The Morgan fingerprint density at radius 1 is 1.24 bits per heavy atom. The molecule has 4 heteroatoms. The van der Waals surface area contributed by atoms with E-state index in [1.807, 2.05) is 6.07 Å². The minimum Gasteiger partial charge on any atom is -0.314 e. The summed E-state index contributed by atoms with van der Waals surface area (Å²) in [6, 6.07) is 10.5. The van der Waals surface area contributed by atoms with Crippen molar-refractivity contribution in [3.8, 4) is 0 Å². The fraction of sp³-hybridized carbons (Fsp3) is 0.588. The van der Waals surface area contributed by atoms with Gasteiger partial charge in [-0.1, -0.05) is 37.3 Å². The molecule has 1 aromatic carbocycles. The monoisotopic (exact) mass is 288 g/mol. The SMILES string of the molecule is CC1CC(=O)[N+](Cc2ccccc2)(CN2CCNCC2)C1. The number of rotatable bonds is 4. The summed E-state index contributed by atoms with van der Waals surface area (Å²) in [4.78, 5) is 15.2. The molecule has 4 nitrogen and oxygen atoms in total. The zero-order valence-corrected chi connectivity index (χ0v) is 12.9. The lowest BCUT2D eigenvalue weighted by atomic mass is 10.1. The molecule has 1 N–H and O–H groups in total. The van der Waals surface area contributed by atoms with Crippen LogP contribution in [0, 0.1) is 5.92 Å². The van der Waals surface area contributed by atoms with Gasteiger partial charge in [0.15, 0.2) is 0 Å². The molecular formula is C17H26N3O+. The van der Waals surface area contributed by atoms with E-state index in [9.17, 15) is 4.79 Å². The third kappa shape index (κ3) is 3.34. The topological polar surface area (TPSA) is 32.3 Å². The molecule has 0 aliphatic carbocycles. The Kier molecular flexibility index (Phi) is 4.38. The predicted molar refractivity (Wildman–Crippen MR) is 83.4 cm³/mol. The molecule has 0 aromatic heterocycles. The summed E-state index contributed by atoms with van der Waals surface area (Å²) in [6.07, 6.45) is 0.735. The van der Waals surface area contributed by atoms with Crippen molar-refractivity contribution in [1.29, 1.82) is 0 Å². The molecular weight excluding hydrogens is 262 g/mol. The van der Waals surface area contributed by atoms with Crippen LogP contribution in [0.4, 0.5) is 0 Å². The van der Waals surface area contributed by atoms with E-state index in [1.54, 1.807) is 0 Å². The van der Waals surface area contributed by atoms with Crippen molar-refractivity contribution in [3.63, 3.8) is 0 Å². The van der Waals surface area contributed by atoms with Crippen LogP contribution in [0.2, 0.25) is 0 Å². The van der Waals surface area contributed by atoms with Gasteiger partial charge in [-0.2, -0.15) is 0 Å². The van der Waals surface area contributed by atoms with Crippen LogP contribution in [-0.4, -0.2) is 54.7 Å². The summed E-state index contributed by atoms with van der Waals surface area (Å²) < 4.78 is 0.616. The van der Waals surface area contributed by atoms with Gasteiger partial charge in [0.2, 0.25) is 0 Å². The van der Waals surface area contributed by atoms with Crippen LogP contribution in [0.1, 0.15) is 18.9 Å². The second-order valence-electron chi connectivity index (χ2n) is 6.68. The van der Waals surface area contributed by atoms with Gasteiger partial charge >= 0.3 is 5.91 Å². The second-order valence-corrected chi connectivity index (χ2v) is 6.68. The molecule has 3 rings (SSSR count). The first kappa shape index (κ1) is 14.7. The molecule has 2 saturated heterocycles.